The molecule has 2 aliphatic heterocycles. The molecule has 0 radical (unpaired) electrons. The second kappa shape index (κ2) is 9.60. The SMILES string of the molecule is COC(=O)[C@@H]1[C@@H]2[C@@H](N(Cc3ccccc3)Cc3ccccc3)CCN2O[C@@H]1C(=O)OC. The molecule has 2 aromatic rings. The van der Waals surface area contributed by atoms with E-state index in [4.69, 9.17) is 14.3 Å². The Hall–Kier alpha value is -2.74. The van der Waals surface area contributed by atoms with Gasteiger partial charge < -0.3 is 9.47 Å². The average Bonchev–Trinajstić information content (AvgIpc) is 3.38. The molecule has 7 nitrogen and oxygen atoms in total. The monoisotopic (exact) mass is 424 g/mol. The summed E-state index contributed by atoms with van der Waals surface area (Å²) in [6.07, 6.45) is -0.160. The van der Waals surface area contributed by atoms with Gasteiger partial charge in [0.2, 0.25) is 0 Å². The van der Waals surface area contributed by atoms with Gasteiger partial charge in [0.15, 0.2) is 6.10 Å². The van der Waals surface area contributed by atoms with Crippen molar-refractivity contribution in [3.05, 3.63) is 71.8 Å². The van der Waals surface area contributed by atoms with E-state index in [9.17, 15) is 9.59 Å². The Morgan fingerprint density at radius 2 is 1.48 bits per heavy atom. The molecule has 7 heteroatoms. The summed E-state index contributed by atoms with van der Waals surface area (Å²) in [5, 5.41) is 1.77. The summed E-state index contributed by atoms with van der Waals surface area (Å²) in [4.78, 5) is 33.3. The largest absolute Gasteiger partial charge is 0.469 e. The molecule has 0 unspecified atom stereocenters. The fourth-order valence-corrected chi connectivity index (χ4v) is 4.73. The summed E-state index contributed by atoms with van der Waals surface area (Å²) >= 11 is 0. The molecule has 0 N–H and O–H groups in total. The molecule has 2 heterocycles. The standard InChI is InChI=1S/C24H28N2O5/c1-29-23(27)20-21-19(13-14-26(21)31-22(20)24(28)30-2)25(15-17-9-5-3-6-10-17)16-18-11-7-4-8-12-18/h3-12,19-22H,13-16H2,1-2H3/t19-,20+,21-,22-/m0/s1. The molecule has 0 aromatic heterocycles. The van der Waals surface area contributed by atoms with Crippen molar-refractivity contribution in [3.63, 3.8) is 0 Å². The minimum Gasteiger partial charge on any atom is -0.469 e. The van der Waals surface area contributed by atoms with Gasteiger partial charge in [-0.3, -0.25) is 14.5 Å². The third-order valence-electron chi connectivity index (χ3n) is 6.15. The van der Waals surface area contributed by atoms with Crippen LogP contribution in [-0.4, -0.2) is 60.9 Å². The molecular formula is C24H28N2O5. The number of hydrogen-bond donors (Lipinski definition) is 0. The highest BCUT2D eigenvalue weighted by molar-refractivity contribution is 5.85. The molecular weight excluding hydrogens is 396 g/mol. The molecule has 0 aliphatic carbocycles. The Bertz CT molecular complexity index is 850. The van der Waals surface area contributed by atoms with Gasteiger partial charge in [0.05, 0.1) is 20.3 Å². The summed E-state index contributed by atoms with van der Waals surface area (Å²) in [6.45, 7) is 2.08. The Morgan fingerprint density at radius 3 is 2.00 bits per heavy atom. The lowest BCUT2D eigenvalue weighted by Crippen LogP contribution is -2.49. The van der Waals surface area contributed by atoms with Crippen molar-refractivity contribution in [1.29, 1.82) is 0 Å². The van der Waals surface area contributed by atoms with Crippen molar-refractivity contribution < 1.29 is 23.9 Å². The van der Waals surface area contributed by atoms with Crippen molar-refractivity contribution >= 4 is 11.9 Å². The van der Waals surface area contributed by atoms with Gasteiger partial charge in [-0.1, -0.05) is 60.7 Å². The first-order valence-corrected chi connectivity index (χ1v) is 10.5. The van der Waals surface area contributed by atoms with Crippen LogP contribution in [0.3, 0.4) is 0 Å². The third-order valence-corrected chi connectivity index (χ3v) is 6.15. The number of rotatable bonds is 7. The highest BCUT2D eigenvalue weighted by Gasteiger charge is 2.58. The molecule has 2 aliphatic rings. The molecule has 4 atom stereocenters. The molecule has 2 aromatic carbocycles. The van der Waals surface area contributed by atoms with Crippen LogP contribution in [0.5, 0.6) is 0 Å². The van der Waals surface area contributed by atoms with Gasteiger partial charge in [0, 0.05) is 25.7 Å². The number of benzene rings is 2. The van der Waals surface area contributed by atoms with Crippen LogP contribution >= 0.6 is 0 Å². The maximum absolute atomic E-state index is 12.7. The predicted octanol–water partition coefficient (Wildman–Crippen LogP) is 2.41. The lowest BCUT2D eigenvalue weighted by atomic mass is 9.89. The summed E-state index contributed by atoms with van der Waals surface area (Å²) in [5.41, 5.74) is 2.38. The van der Waals surface area contributed by atoms with Crippen molar-refractivity contribution in [2.75, 3.05) is 20.8 Å². The van der Waals surface area contributed by atoms with Crippen molar-refractivity contribution in [3.8, 4) is 0 Å². The number of esters is 2. The van der Waals surface area contributed by atoms with E-state index < -0.39 is 24.0 Å². The number of hydroxylamine groups is 2. The third kappa shape index (κ3) is 4.49. The van der Waals surface area contributed by atoms with E-state index in [1.165, 1.54) is 25.3 Å². The summed E-state index contributed by atoms with van der Waals surface area (Å²) in [7, 11) is 2.65. The topological polar surface area (TPSA) is 68.3 Å². The average molecular weight is 424 g/mol. The lowest BCUT2D eigenvalue weighted by molar-refractivity contribution is -0.184. The van der Waals surface area contributed by atoms with Gasteiger partial charge in [-0.15, -0.1) is 0 Å². The summed E-state index contributed by atoms with van der Waals surface area (Å²) in [5.74, 6) is -1.74. The van der Waals surface area contributed by atoms with Crippen molar-refractivity contribution in [1.82, 2.24) is 9.96 Å². The molecule has 2 fully saturated rings. The first-order valence-electron chi connectivity index (χ1n) is 10.5. The highest BCUT2D eigenvalue weighted by Crippen LogP contribution is 2.39. The predicted molar refractivity (Wildman–Crippen MR) is 113 cm³/mol. The fourth-order valence-electron chi connectivity index (χ4n) is 4.73. The number of ether oxygens (including phenoxy) is 2. The molecule has 4 rings (SSSR count). The second-order valence-electron chi connectivity index (χ2n) is 7.96. The van der Waals surface area contributed by atoms with Crippen LogP contribution in [0.4, 0.5) is 0 Å². The summed E-state index contributed by atoms with van der Waals surface area (Å²) < 4.78 is 9.96. The van der Waals surface area contributed by atoms with Crippen LogP contribution in [-0.2, 0) is 37.0 Å². The second-order valence-corrected chi connectivity index (χ2v) is 7.96. The van der Waals surface area contributed by atoms with Crippen LogP contribution in [0.25, 0.3) is 0 Å². The normalized spacial score (nSPS) is 25.4. The Balaban J connectivity index is 1.65. The quantitative estimate of drug-likeness (QED) is 0.632. The number of carbonyl (C=O) groups is 2. The molecule has 2 saturated heterocycles. The van der Waals surface area contributed by atoms with Gasteiger partial charge in [-0.2, -0.15) is 5.06 Å². The molecule has 0 spiro atoms. The first kappa shape index (κ1) is 21.5. The number of nitrogens with zero attached hydrogens (tertiary/aromatic N) is 2. The molecule has 0 saturated carbocycles. The van der Waals surface area contributed by atoms with Crippen LogP contribution < -0.4 is 0 Å². The van der Waals surface area contributed by atoms with Crippen LogP contribution in [0.15, 0.2) is 60.7 Å². The van der Waals surface area contributed by atoms with E-state index in [0.717, 1.165) is 19.5 Å². The van der Waals surface area contributed by atoms with Gasteiger partial charge in [-0.25, -0.2) is 4.79 Å². The lowest BCUT2D eigenvalue weighted by Gasteiger charge is -2.34. The molecule has 164 valence electrons. The smallest absolute Gasteiger partial charge is 0.338 e. The van der Waals surface area contributed by atoms with Gasteiger partial charge in [-0.05, 0) is 17.5 Å². The molecule has 31 heavy (non-hydrogen) atoms. The number of methoxy groups -OCH3 is 2. The van der Waals surface area contributed by atoms with Crippen LogP contribution in [0, 0.1) is 5.92 Å². The Kier molecular flexibility index (Phi) is 6.65. The van der Waals surface area contributed by atoms with E-state index in [-0.39, 0.29) is 12.1 Å². The summed E-state index contributed by atoms with van der Waals surface area (Å²) in [6, 6.07) is 20.2. The first-order chi connectivity index (χ1) is 15.1. The van der Waals surface area contributed by atoms with Crippen molar-refractivity contribution in [2.24, 2.45) is 5.92 Å². The van der Waals surface area contributed by atoms with Gasteiger partial charge in [0.25, 0.3) is 0 Å². The van der Waals surface area contributed by atoms with E-state index >= 15 is 0 Å². The van der Waals surface area contributed by atoms with Crippen LogP contribution in [0.2, 0.25) is 0 Å². The van der Waals surface area contributed by atoms with Crippen molar-refractivity contribution in [2.45, 2.75) is 37.7 Å². The van der Waals surface area contributed by atoms with Gasteiger partial charge >= 0.3 is 11.9 Å². The zero-order valence-corrected chi connectivity index (χ0v) is 17.8. The fraction of sp³-hybridized carbons (Fsp3) is 0.417. The zero-order chi connectivity index (χ0) is 21.8. The number of hydrogen-bond acceptors (Lipinski definition) is 7. The zero-order valence-electron chi connectivity index (χ0n) is 17.8. The Morgan fingerprint density at radius 1 is 0.935 bits per heavy atom. The minimum atomic E-state index is -0.986. The maximum atomic E-state index is 12.7. The number of fused-ring (bicyclic) bond motifs is 1. The van der Waals surface area contributed by atoms with E-state index in [1.54, 1.807) is 5.06 Å². The minimum absolute atomic E-state index is 0.0131. The Labute approximate surface area is 182 Å². The molecule has 0 bridgehead atoms. The van der Waals surface area contributed by atoms with E-state index in [0.29, 0.717) is 6.54 Å². The van der Waals surface area contributed by atoms with E-state index in [2.05, 4.69) is 29.2 Å². The highest BCUT2D eigenvalue weighted by atomic mass is 16.7. The van der Waals surface area contributed by atoms with Gasteiger partial charge in [0.1, 0.15) is 5.92 Å². The number of carbonyl (C=O) groups excluding carboxylic acids is 2. The van der Waals surface area contributed by atoms with Crippen LogP contribution in [0.1, 0.15) is 17.5 Å². The molecule has 0 amide bonds. The van der Waals surface area contributed by atoms with E-state index in [1.807, 2.05) is 36.4 Å². The maximum Gasteiger partial charge on any atom is 0.338 e.